The van der Waals surface area contributed by atoms with Gasteiger partial charge in [-0.25, -0.2) is 18.9 Å². The molecule has 1 atom stereocenters. The molecule has 0 saturated heterocycles. The van der Waals surface area contributed by atoms with Crippen LogP contribution in [0.5, 0.6) is 11.6 Å². The van der Waals surface area contributed by atoms with Crippen molar-refractivity contribution in [2.75, 3.05) is 24.7 Å². The van der Waals surface area contributed by atoms with E-state index < -0.39 is 0 Å². The normalized spacial score (nSPS) is 21.8. The minimum Gasteiger partial charge on any atom is -0.486 e. The number of pyridine rings is 1. The van der Waals surface area contributed by atoms with Gasteiger partial charge < -0.3 is 19.7 Å². The van der Waals surface area contributed by atoms with E-state index in [0.717, 1.165) is 30.6 Å². The minimum absolute atomic E-state index is 0.0291. The van der Waals surface area contributed by atoms with Crippen molar-refractivity contribution < 1.29 is 13.9 Å². The molecule has 1 spiro atoms. The lowest BCUT2D eigenvalue weighted by Crippen LogP contribution is -2.41. The summed E-state index contributed by atoms with van der Waals surface area (Å²) in [7, 11) is 0. The van der Waals surface area contributed by atoms with Gasteiger partial charge in [0, 0.05) is 23.2 Å². The number of hydrogen-bond donors (Lipinski definition) is 1. The van der Waals surface area contributed by atoms with Crippen LogP contribution in [0.3, 0.4) is 0 Å². The van der Waals surface area contributed by atoms with Crippen LogP contribution in [0.2, 0.25) is 0 Å². The largest absolute Gasteiger partial charge is 0.486 e. The summed E-state index contributed by atoms with van der Waals surface area (Å²) < 4.78 is 27.9. The Morgan fingerprint density at radius 1 is 1.29 bits per heavy atom. The monoisotopic (exact) mass is 422 g/mol. The van der Waals surface area contributed by atoms with E-state index in [0.29, 0.717) is 48.4 Å². The van der Waals surface area contributed by atoms with Gasteiger partial charge in [-0.3, -0.25) is 0 Å². The van der Waals surface area contributed by atoms with Gasteiger partial charge in [0.2, 0.25) is 5.88 Å². The van der Waals surface area contributed by atoms with Crippen LogP contribution in [0.15, 0.2) is 31.2 Å². The number of nitrogens with zero attached hydrogens (tertiary/aromatic N) is 5. The summed E-state index contributed by atoms with van der Waals surface area (Å²) in [5, 5.41) is 7.90. The highest BCUT2D eigenvalue weighted by atomic mass is 19.1. The number of hydrogen-bond acceptors (Lipinski definition) is 7. The van der Waals surface area contributed by atoms with Gasteiger partial charge in [-0.1, -0.05) is 6.58 Å². The van der Waals surface area contributed by atoms with Gasteiger partial charge in [0.25, 0.3) is 0 Å². The first kappa shape index (κ1) is 18.4. The first-order valence-electron chi connectivity index (χ1n) is 10.5. The Morgan fingerprint density at radius 3 is 3.00 bits per heavy atom. The highest BCUT2D eigenvalue weighted by Gasteiger charge is 2.44. The van der Waals surface area contributed by atoms with Crippen LogP contribution in [0, 0.1) is 11.2 Å². The predicted octanol–water partition coefficient (Wildman–Crippen LogP) is 2.78. The maximum Gasteiger partial charge on any atom is 0.218 e. The molecular weight excluding hydrogens is 399 g/mol. The van der Waals surface area contributed by atoms with E-state index in [1.807, 2.05) is 6.20 Å². The predicted molar refractivity (Wildman–Crippen MR) is 113 cm³/mol. The third-order valence-corrected chi connectivity index (χ3v) is 6.43. The molecule has 1 N–H and O–H groups in total. The van der Waals surface area contributed by atoms with E-state index in [2.05, 4.69) is 33.8 Å². The molecule has 3 aliphatic rings. The van der Waals surface area contributed by atoms with E-state index in [-0.39, 0.29) is 17.3 Å². The number of nitrogens with one attached hydrogen (secondary N) is 1. The fraction of sp³-hybridized carbons (Fsp3) is 0.409. The number of aromatic nitrogens is 4. The number of fused-ring (bicyclic) bond motifs is 1. The van der Waals surface area contributed by atoms with Gasteiger partial charge in [0.15, 0.2) is 17.2 Å². The van der Waals surface area contributed by atoms with E-state index in [1.165, 1.54) is 12.3 Å². The van der Waals surface area contributed by atoms with Crippen LogP contribution < -0.4 is 19.7 Å². The van der Waals surface area contributed by atoms with Crippen molar-refractivity contribution in [3.63, 3.8) is 0 Å². The summed E-state index contributed by atoms with van der Waals surface area (Å²) in [5.74, 6) is 1.40. The third kappa shape index (κ3) is 3.07. The number of anilines is 1. The molecule has 5 heterocycles. The van der Waals surface area contributed by atoms with Crippen molar-refractivity contribution in [3.8, 4) is 11.6 Å². The van der Waals surface area contributed by atoms with Gasteiger partial charge >= 0.3 is 0 Å². The maximum atomic E-state index is 14.1. The molecule has 1 fully saturated rings. The van der Waals surface area contributed by atoms with Crippen LogP contribution in [-0.4, -0.2) is 45.4 Å². The molecule has 9 heteroatoms. The van der Waals surface area contributed by atoms with E-state index in [1.54, 1.807) is 10.7 Å². The summed E-state index contributed by atoms with van der Waals surface area (Å²) in [6.45, 7) is 8.44. The van der Waals surface area contributed by atoms with E-state index in [4.69, 9.17) is 14.5 Å². The first-order chi connectivity index (χ1) is 15.0. The zero-order valence-corrected chi connectivity index (χ0v) is 17.3. The third-order valence-electron chi connectivity index (χ3n) is 6.43. The molecular formula is C22H23FN6O2. The number of ether oxygens (including phenoxy) is 2. The summed E-state index contributed by atoms with van der Waals surface area (Å²) >= 11 is 0. The van der Waals surface area contributed by atoms with Crippen molar-refractivity contribution in [1.29, 1.82) is 0 Å². The Bertz CT molecular complexity index is 1200. The Labute approximate surface area is 178 Å². The molecule has 3 aromatic rings. The lowest BCUT2D eigenvalue weighted by molar-refractivity contribution is 0.222. The maximum absolute atomic E-state index is 14.1. The Balaban J connectivity index is 1.51. The van der Waals surface area contributed by atoms with Gasteiger partial charge in [-0.05, 0) is 25.8 Å². The highest BCUT2D eigenvalue weighted by Crippen LogP contribution is 2.46. The molecule has 160 valence electrons. The van der Waals surface area contributed by atoms with Crippen molar-refractivity contribution in [2.45, 2.75) is 32.4 Å². The van der Waals surface area contributed by atoms with Crippen LogP contribution in [0.25, 0.3) is 11.3 Å². The summed E-state index contributed by atoms with van der Waals surface area (Å²) in [4.78, 5) is 11.3. The smallest absolute Gasteiger partial charge is 0.218 e. The average molecular weight is 422 g/mol. The zero-order chi connectivity index (χ0) is 21.2. The highest BCUT2D eigenvalue weighted by molar-refractivity contribution is 5.75. The Morgan fingerprint density at radius 2 is 2.16 bits per heavy atom. The second-order valence-electron chi connectivity index (χ2n) is 8.78. The van der Waals surface area contributed by atoms with Gasteiger partial charge in [-0.2, -0.15) is 5.10 Å². The lowest BCUT2D eigenvalue weighted by atomic mass is 10.1. The van der Waals surface area contributed by atoms with Gasteiger partial charge in [0.05, 0.1) is 43.3 Å². The molecule has 1 aliphatic carbocycles. The second kappa shape index (κ2) is 6.57. The summed E-state index contributed by atoms with van der Waals surface area (Å²) in [6.07, 6.45) is 6.94. The fourth-order valence-corrected chi connectivity index (χ4v) is 4.20. The lowest BCUT2D eigenvalue weighted by Gasteiger charge is -2.36. The number of rotatable bonds is 0. The van der Waals surface area contributed by atoms with E-state index in [9.17, 15) is 4.39 Å². The molecule has 0 aromatic carbocycles. The molecule has 6 rings (SSSR count). The van der Waals surface area contributed by atoms with Gasteiger partial charge in [-0.15, -0.1) is 0 Å². The standard InChI is InChI=1S/C22H23FN6O2/c1-13-10-30-18-9-29-19-17(7-26-29)14(2)25-11-22(3-4-22)12-31-21-15(5-16(23)6-24-21)8-28(13)20(18)27-19/h5-7,9,13,25H,2-4,8,10-12H2,1H3/t13-/m1/s1. The van der Waals surface area contributed by atoms with E-state index >= 15 is 0 Å². The molecule has 2 aliphatic heterocycles. The van der Waals surface area contributed by atoms with Crippen LogP contribution in [0.4, 0.5) is 10.2 Å². The van der Waals surface area contributed by atoms with Crippen molar-refractivity contribution in [1.82, 2.24) is 24.9 Å². The van der Waals surface area contributed by atoms with Crippen molar-refractivity contribution >= 4 is 17.2 Å². The molecule has 0 amide bonds. The molecule has 1 saturated carbocycles. The average Bonchev–Trinajstić information content (AvgIpc) is 3.42. The summed E-state index contributed by atoms with van der Waals surface area (Å²) in [6, 6.07) is 1.53. The minimum atomic E-state index is -0.384. The SMILES string of the molecule is C=C1NCC2(CC2)COc2ncc(F)cc2CN2c3nc4c1cnn4cc3OC[C@H]2C. The first-order valence-corrected chi connectivity index (χ1v) is 10.5. The fourth-order valence-electron chi connectivity index (χ4n) is 4.20. The van der Waals surface area contributed by atoms with Crippen LogP contribution in [-0.2, 0) is 6.54 Å². The number of halogens is 1. The van der Waals surface area contributed by atoms with Crippen LogP contribution in [0.1, 0.15) is 30.9 Å². The summed E-state index contributed by atoms with van der Waals surface area (Å²) in [5.41, 5.74) is 3.06. The Kier molecular flexibility index (Phi) is 3.90. The molecule has 31 heavy (non-hydrogen) atoms. The Hall–Kier alpha value is -3.36. The molecule has 0 unspecified atom stereocenters. The van der Waals surface area contributed by atoms with Crippen LogP contribution >= 0.6 is 0 Å². The molecule has 2 bridgehead atoms. The van der Waals surface area contributed by atoms with Crippen molar-refractivity contribution in [3.05, 3.63) is 48.2 Å². The molecule has 3 aromatic heterocycles. The zero-order valence-electron chi connectivity index (χ0n) is 17.3. The quantitative estimate of drug-likeness (QED) is 0.597. The van der Waals surface area contributed by atoms with Crippen molar-refractivity contribution in [2.24, 2.45) is 5.41 Å². The molecule has 0 radical (unpaired) electrons. The van der Waals surface area contributed by atoms with Gasteiger partial charge in [0.1, 0.15) is 12.4 Å². The topological polar surface area (TPSA) is 76.8 Å². The second-order valence-corrected chi connectivity index (χ2v) is 8.78. The molecule has 8 nitrogen and oxygen atoms in total.